The molecule has 0 aromatic rings. The molecule has 0 amide bonds. The van der Waals surface area contributed by atoms with E-state index in [1.807, 2.05) is 0 Å². The number of hydrogen-bond donors (Lipinski definition) is 0. The SMILES string of the molecule is CCCCCCCCCCCCCCCCC(=O)O[C@H](COC(=O)CCCCCCCCCCC)COC(=O)CCCCCCCCCCCCCCCC(C)C. The van der Waals surface area contributed by atoms with Crippen molar-refractivity contribution in [3.63, 3.8) is 0 Å². The maximum absolute atomic E-state index is 12.8. The molecule has 0 aromatic carbocycles. The van der Waals surface area contributed by atoms with E-state index in [2.05, 4.69) is 27.7 Å². The minimum Gasteiger partial charge on any atom is -0.462 e. The summed E-state index contributed by atoms with van der Waals surface area (Å²) in [7, 11) is 0. The average molecular weight is 807 g/mol. The Balaban J connectivity index is 4.26. The van der Waals surface area contributed by atoms with Crippen molar-refractivity contribution in [2.45, 2.75) is 291 Å². The second kappa shape index (κ2) is 45.5. The van der Waals surface area contributed by atoms with Gasteiger partial charge >= 0.3 is 17.9 Å². The van der Waals surface area contributed by atoms with Gasteiger partial charge in [0, 0.05) is 19.3 Å². The Morgan fingerprint density at radius 2 is 0.579 bits per heavy atom. The highest BCUT2D eigenvalue weighted by Crippen LogP contribution is 2.17. The Morgan fingerprint density at radius 1 is 0.333 bits per heavy atom. The van der Waals surface area contributed by atoms with Crippen LogP contribution >= 0.6 is 0 Å². The highest BCUT2D eigenvalue weighted by atomic mass is 16.6. The summed E-state index contributed by atoms with van der Waals surface area (Å²) >= 11 is 0. The molecule has 0 heterocycles. The van der Waals surface area contributed by atoms with Crippen molar-refractivity contribution in [2.24, 2.45) is 5.92 Å². The number of unbranched alkanes of at least 4 members (excludes halogenated alkanes) is 33. The van der Waals surface area contributed by atoms with Gasteiger partial charge in [-0.25, -0.2) is 0 Å². The number of carbonyl (C=O) groups is 3. The molecular weight excluding hydrogens is 709 g/mol. The molecule has 0 aliphatic carbocycles. The van der Waals surface area contributed by atoms with Gasteiger partial charge in [-0.05, 0) is 25.2 Å². The lowest BCUT2D eigenvalue weighted by Gasteiger charge is -2.18. The fourth-order valence-corrected chi connectivity index (χ4v) is 7.69. The summed E-state index contributed by atoms with van der Waals surface area (Å²) in [5.74, 6) is -0.00803. The molecule has 0 bridgehead atoms. The van der Waals surface area contributed by atoms with Crippen molar-refractivity contribution < 1.29 is 28.6 Å². The van der Waals surface area contributed by atoms with E-state index in [1.165, 1.54) is 180 Å². The largest absolute Gasteiger partial charge is 0.462 e. The van der Waals surface area contributed by atoms with Crippen LogP contribution in [-0.2, 0) is 28.6 Å². The van der Waals surface area contributed by atoms with Crippen LogP contribution in [0.5, 0.6) is 0 Å². The van der Waals surface area contributed by atoms with E-state index >= 15 is 0 Å². The van der Waals surface area contributed by atoms with Gasteiger partial charge < -0.3 is 14.2 Å². The maximum atomic E-state index is 12.8. The molecule has 0 saturated heterocycles. The lowest BCUT2D eigenvalue weighted by molar-refractivity contribution is -0.167. The van der Waals surface area contributed by atoms with Gasteiger partial charge in [-0.1, -0.05) is 246 Å². The van der Waals surface area contributed by atoms with E-state index < -0.39 is 6.10 Å². The Kier molecular flexibility index (Phi) is 44.2. The highest BCUT2D eigenvalue weighted by molar-refractivity contribution is 5.71. The molecule has 0 N–H and O–H groups in total. The zero-order valence-electron chi connectivity index (χ0n) is 38.8. The van der Waals surface area contributed by atoms with Gasteiger partial charge in [0.05, 0.1) is 0 Å². The van der Waals surface area contributed by atoms with E-state index in [4.69, 9.17) is 14.2 Å². The summed E-state index contributed by atoms with van der Waals surface area (Å²) in [5.41, 5.74) is 0. The monoisotopic (exact) mass is 807 g/mol. The zero-order valence-corrected chi connectivity index (χ0v) is 38.8. The van der Waals surface area contributed by atoms with E-state index in [1.54, 1.807) is 0 Å². The molecule has 0 aromatic heterocycles. The van der Waals surface area contributed by atoms with E-state index in [0.717, 1.165) is 63.7 Å². The molecule has 0 unspecified atom stereocenters. The summed E-state index contributed by atoms with van der Waals surface area (Å²) in [6.07, 6.45) is 46.6. The quantitative estimate of drug-likeness (QED) is 0.0346. The molecule has 0 radical (unpaired) electrons. The molecule has 338 valence electrons. The summed E-state index contributed by atoms with van der Waals surface area (Å²) in [4.78, 5) is 37.8. The van der Waals surface area contributed by atoms with Gasteiger partial charge in [-0.15, -0.1) is 0 Å². The van der Waals surface area contributed by atoms with Crippen molar-refractivity contribution >= 4 is 17.9 Å². The molecule has 6 heteroatoms. The Morgan fingerprint density at radius 3 is 0.860 bits per heavy atom. The zero-order chi connectivity index (χ0) is 41.7. The van der Waals surface area contributed by atoms with Gasteiger partial charge in [0.2, 0.25) is 0 Å². The van der Waals surface area contributed by atoms with Crippen LogP contribution in [0.25, 0.3) is 0 Å². The van der Waals surface area contributed by atoms with Crippen LogP contribution in [0.3, 0.4) is 0 Å². The first kappa shape index (κ1) is 55.4. The number of hydrogen-bond acceptors (Lipinski definition) is 6. The minimum absolute atomic E-state index is 0.0629. The lowest BCUT2D eigenvalue weighted by atomic mass is 10.0. The molecule has 0 spiro atoms. The molecule has 1 atom stereocenters. The highest BCUT2D eigenvalue weighted by Gasteiger charge is 2.19. The van der Waals surface area contributed by atoms with Gasteiger partial charge in [-0.3, -0.25) is 14.4 Å². The van der Waals surface area contributed by atoms with Crippen LogP contribution in [0.4, 0.5) is 0 Å². The summed E-state index contributed by atoms with van der Waals surface area (Å²) in [6, 6.07) is 0. The van der Waals surface area contributed by atoms with Gasteiger partial charge in [0.1, 0.15) is 13.2 Å². The van der Waals surface area contributed by atoms with Crippen molar-refractivity contribution in [3.8, 4) is 0 Å². The van der Waals surface area contributed by atoms with Crippen molar-refractivity contribution in [1.82, 2.24) is 0 Å². The van der Waals surface area contributed by atoms with Gasteiger partial charge in [0.15, 0.2) is 6.10 Å². The predicted octanol–water partition coefficient (Wildman–Crippen LogP) is 16.3. The molecule has 57 heavy (non-hydrogen) atoms. The number of rotatable bonds is 46. The van der Waals surface area contributed by atoms with Crippen LogP contribution in [0.2, 0.25) is 0 Å². The second-order valence-electron chi connectivity index (χ2n) is 17.9. The molecule has 6 nitrogen and oxygen atoms in total. The first-order valence-electron chi connectivity index (χ1n) is 25.4. The normalized spacial score (nSPS) is 11.9. The van der Waals surface area contributed by atoms with Crippen LogP contribution in [0.15, 0.2) is 0 Å². The molecule has 0 rings (SSSR count). The second-order valence-corrected chi connectivity index (χ2v) is 17.9. The predicted molar refractivity (Wildman–Crippen MR) is 243 cm³/mol. The molecule has 0 aliphatic rings. The first-order valence-corrected chi connectivity index (χ1v) is 25.4. The Labute approximate surface area is 355 Å². The fraction of sp³-hybridized carbons (Fsp3) is 0.941. The standard InChI is InChI=1S/C51H98O6/c1-5-7-9-11-13-15-16-17-20-24-28-32-36-40-44-51(54)57-48(45-55-49(52)42-38-34-30-25-14-12-10-8-6-2)46-56-50(53)43-39-35-31-27-23-21-18-19-22-26-29-33-37-41-47(3)4/h47-48H,5-46H2,1-4H3/t48-/m1/s1. The average Bonchev–Trinajstić information content (AvgIpc) is 3.19. The topological polar surface area (TPSA) is 78.9 Å². The van der Waals surface area contributed by atoms with Crippen molar-refractivity contribution in [3.05, 3.63) is 0 Å². The van der Waals surface area contributed by atoms with Crippen molar-refractivity contribution in [2.75, 3.05) is 13.2 Å². The summed E-state index contributed by atoms with van der Waals surface area (Å²) in [5, 5.41) is 0. The van der Waals surface area contributed by atoms with E-state index in [0.29, 0.717) is 19.3 Å². The third-order valence-electron chi connectivity index (χ3n) is 11.5. The number of ether oxygens (including phenoxy) is 3. The van der Waals surface area contributed by atoms with E-state index in [9.17, 15) is 14.4 Å². The van der Waals surface area contributed by atoms with Crippen molar-refractivity contribution in [1.29, 1.82) is 0 Å². The summed E-state index contributed by atoms with van der Waals surface area (Å²) in [6.45, 7) is 9.01. The van der Waals surface area contributed by atoms with Crippen LogP contribution in [0, 0.1) is 5.92 Å². The summed E-state index contributed by atoms with van der Waals surface area (Å²) < 4.78 is 16.8. The Bertz CT molecular complexity index is 857. The molecule has 0 fully saturated rings. The molecule has 0 aliphatic heterocycles. The number of esters is 3. The third-order valence-corrected chi connectivity index (χ3v) is 11.5. The number of carbonyl (C=O) groups excluding carboxylic acids is 3. The van der Waals surface area contributed by atoms with Crippen LogP contribution in [0.1, 0.15) is 285 Å². The smallest absolute Gasteiger partial charge is 0.306 e. The minimum atomic E-state index is -0.759. The molecular formula is C51H98O6. The Hall–Kier alpha value is -1.59. The molecule has 0 saturated carbocycles. The van der Waals surface area contributed by atoms with Gasteiger partial charge in [0.25, 0.3) is 0 Å². The third kappa shape index (κ3) is 45.3. The van der Waals surface area contributed by atoms with Crippen LogP contribution in [-0.4, -0.2) is 37.2 Å². The van der Waals surface area contributed by atoms with Gasteiger partial charge in [-0.2, -0.15) is 0 Å². The maximum Gasteiger partial charge on any atom is 0.306 e. The first-order chi connectivity index (χ1) is 27.9. The lowest BCUT2D eigenvalue weighted by Crippen LogP contribution is -2.30. The fourth-order valence-electron chi connectivity index (χ4n) is 7.69. The van der Waals surface area contributed by atoms with Crippen LogP contribution < -0.4 is 0 Å². The van der Waals surface area contributed by atoms with E-state index in [-0.39, 0.29) is 31.1 Å².